The van der Waals surface area contributed by atoms with Crippen LogP contribution in [-0.2, 0) is 4.43 Å². The standard InChI is InChI=1S/C14H28OSi/c1-6-7-10-14(2)11-8-9-13(12-14)15-16(3,4)5/h12H,6-11H2,1-5H3. The van der Waals surface area contributed by atoms with E-state index in [0.717, 1.165) is 6.42 Å². The lowest BCUT2D eigenvalue weighted by atomic mass is 9.76. The second-order valence-electron chi connectivity index (χ2n) is 6.44. The van der Waals surface area contributed by atoms with Gasteiger partial charge in [-0.15, -0.1) is 0 Å². The zero-order valence-electron chi connectivity index (χ0n) is 11.7. The van der Waals surface area contributed by atoms with Gasteiger partial charge in [0.2, 0.25) is 8.32 Å². The van der Waals surface area contributed by atoms with E-state index in [0.29, 0.717) is 5.41 Å². The van der Waals surface area contributed by atoms with Gasteiger partial charge in [-0.1, -0.05) is 26.7 Å². The van der Waals surface area contributed by atoms with Crippen molar-refractivity contribution in [1.29, 1.82) is 0 Å². The van der Waals surface area contributed by atoms with Crippen LogP contribution in [0.15, 0.2) is 11.8 Å². The van der Waals surface area contributed by atoms with E-state index in [4.69, 9.17) is 4.43 Å². The highest BCUT2D eigenvalue weighted by molar-refractivity contribution is 6.70. The quantitative estimate of drug-likeness (QED) is 0.607. The number of unbranched alkanes of at least 4 members (excludes halogenated alkanes) is 1. The monoisotopic (exact) mass is 240 g/mol. The van der Waals surface area contributed by atoms with E-state index < -0.39 is 8.32 Å². The topological polar surface area (TPSA) is 9.23 Å². The van der Waals surface area contributed by atoms with Crippen LogP contribution in [0.5, 0.6) is 0 Å². The van der Waals surface area contributed by atoms with E-state index >= 15 is 0 Å². The molecule has 2 heteroatoms. The summed E-state index contributed by atoms with van der Waals surface area (Å²) in [6.45, 7) is 11.5. The maximum Gasteiger partial charge on any atom is 0.241 e. The van der Waals surface area contributed by atoms with Crippen molar-refractivity contribution in [3.63, 3.8) is 0 Å². The van der Waals surface area contributed by atoms with Gasteiger partial charge in [0.25, 0.3) is 0 Å². The van der Waals surface area contributed by atoms with E-state index in [2.05, 4.69) is 39.6 Å². The van der Waals surface area contributed by atoms with Crippen LogP contribution in [-0.4, -0.2) is 8.32 Å². The first kappa shape index (κ1) is 13.8. The molecule has 0 fully saturated rings. The predicted molar refractivity (Wildman–Crippen MR) is 74.0 cm³/mol. The first-order valence-electron chi connectivity index (χ1n) is 6.75. The van der Waals surface area contributed by atoms with E-state index in [1.54, 1.807) is 0 Å². The molecular formula is C14H28OSi. The van der Waals surface area contributed by atoms with Crippen LogP contribution in [0.25, 0.3) is 0 Å². The molecule has 0 bridgehead atoms. The molecule has 0 radical (unpaired) electrons. The van der Waals surface area contributed by atoms with Crippen LogP contribution in [0.2, 0.25) is 19.6 Å². The van der Waals surface area contributed by atoms with Crippen molar-refractivity contribution in [2.45, 2.75) is 72.0 Å². The Labute approximate surface area is 102 Å². The molecule has 0 aromatic carbocycles. The van der Waals surface area contributed by atoms with Crippen molar-refractivity contribution in [3.05, 3.63) is 11.8 Å². The molecule has 0 amide bonds. The van der Waals surface area contributed by atoms with Gasteiger partial charge in [0.15, 0.2) is 0 Å². The molecule has 1 aliphatic carbocycles. The van der Waals surface area contributed by atoms with E-state index in [1.807, 2.05) is 0 Å². The van der Waals surface area contributed by atoms with E-state index in [1.165, 1.54) is 37.9 Å². The summed E-state index contributed by atoms with van der Waals surface area (Å²) in [6.07, 6.45) is 10.2. The number of hydrogen-bond donors (Lipinski definition) is 0. The van der Waals surface area contributed by atoms with Crippen molar-refractivity contribution in [3.8, 4) is 0 Å². The molecule has 1 rings (SSSR count). The lowest BCUT2D eigenvalue weighted by Gasteiger charge is -2.33. The highest BCUT2D eigenvalue weighted by Gasteiger charge is 2.28. The molecule has 0 spiro atoms. The highest BCUT2D eigenvalue weighted by Crippen LogP contribution is 2.39. The van der Waals surface area contributed by atoms with Gasteiger partial charge >= 0.3 is 0 Å². The Morgan fingerprint density at radius 2 is 2.06 bits per heavy atom. The van der Waals surface area contributed by atoms with Crippen molar-refractivity contribution >= 4 is 8.32 Å². The van der Waals surface area contributed by atoms with Gasteiger partial charge < -0.3 is 4.43 Å². The maximum atomic E-state index is 6.15. The number of rotatable bonds is 5. The summed E-state index contributed by atoms with van der Waals surface area (Å²) in [6, 6.07) is 0. The Balaban J connectivity index is 2.64. The molecule has 0 saturated heterocycles. The van der Waals surface area contributed by atoms with E-state index in [9.17, 15) is 0 Å². The Hall–Kier alpha value is -0.243. The third-order valence-corrected chi connectivity index (χ3v) is 4.09. The van der Waals surface area contributed by atoms with Gasteiger partial charge in [0, 0.05) is 6.42 Å². The minimum absolute atomic E-state index is 0.406. The third-order valence-electron chi connectivity index (χ3n) is 3.22. The summed E-state index contributed by atoms with van der Waals surface area (Å²) in [5.74, 6) is 1.28. The smallest absolute Gasteiger partial charge is 0.241 e. The van der Waals surface area contributed by atoms with Gasteiger partial charge in [0.05, 0.1) is 5.76 Å². The normalized spacial score (nSPS) is 26.4. The Bertz CT molecular complexity index is 252. The summed E-state index contributed by atoms with van der Waals surface area (Å²) in [4.78, 5) is 0. The molecule has 0 aromatic rings. The second kappa shape index (κ2) is 5.39. The fraction of sp³-hybridized carbons (Fsp3) is 0.857. The zero-order chi connectivity index (χ0) is 12.2. The van der Waals surface area contributed by atoms with Gasteiger partial charge in [-0.25, -0.2) is 0 Å². The summed E-state index contributed by atoms with van der Waals surface area (Å²) in [5, 5.41) is 0. The summed E-state index contributed by atoms with van der Waals surface area (Å²) >= 11 is 0. The zero-order valence-corrected chi connectivity index (χ0v) is 12.7. The number of hydrogen-bond acceptors (Lipinski definition) is 1. The van der Waals surface area contributed by atoms with Gasteiger partial charge in [-0.3, -0.25) is 0 Å². The Morgan fingerprint density at radius 3 is 2.62 bits per heavy atom. The lowest BCUT2D eigenvalue weighted by Crippen LogP contribution is -2.27. The van der Waals surface area contributed by atoms with Crippen molar-refractivity contribution in [1.82, 2.24) is 0 Å². The number of allylic oxidation sites excluding steroid dienone is 2. The van der Waals surface area contributed by atoms with E-state index in [-0.39, 0.29) is 0 Å². The van der Waals surface area contributed by atoms with Crippen molar-refractivity contribution < 1.29 is 4.43 Å². The molecular weight excluding hydrogens is 212 g/mol. The fourth-order valence-corrected chi connectivity index (χ4v) is 3.40. The molecule has 0 aliphatic heterocycles. The minimum atomic E-state index is -1.41. The molecule has 16 heavy (non-hydrogen) atoms. The average Bonchev–Trinajstić information content (AvgIpc) is 2.12. The van der Waals surface area contributed by atoms with Crippen LogP contribution >= 0.6 is 0 Å². The Kier molecular flexibility index (Phi) is 4.66. The highest BCUT2D eigenvalue weighted by atomic mass is 28.4. The Morgan fingerprint density at radius 1 is 1.38 bits per heavy atom. The molecule has 0 N–H and O–H groups in total. The lowest BCUT2D eigenvalue weighted by molar-refractivity contribution is 0.277. The molecule has 1 nitrogen and oxygen atoms in total. The second-order valence-corrected chi connectivity index (χ2v) is 10.9. The van der Waals surface area contributed by atoms with Gasteiger partial charge in [-0.2, -0.15) is 0 Å². The SMILES string of the molecule is CCCCC1(C)C=C(O[Si](C)(C)C)CCC1. The van der Waals surface area contributed by atoms with Crippen molar-refractivity contribution in [2.24, 2.45) is 5.41 Å². The van der Waals surface area contributed by atoms with Crippen LogP contribution in [0.1, 0.15) is 52.4 Å². The maximum absolute atomic E-state index is 6.15. The molecule has 0 aromatic heterocycles. The van der Waals surface area contributed by atoms with Crippen LogP contribution < -0.4 is 0 Å². The molecule has 1 aliphatic rings. The molecule has 1 atom stereocenters. The van der Waals surface area contributed by atoms with Crippen molar-refractivity contribution in [2.75, 3.05) is 0 Å². The molecule has 0 heterocycles. The van der Waals surface area contributed by atoms with Crippen LogP contribution in [0, 0.1) is 5.41 Å². The van der Waals surface area contributed by atoms with Crippen LogP contribution in [0.3, 0.4) is 0 Å². The minimum Gasteiger partial charge on any atom is -0.548 e. The third kappa shape index (κ3) is 4.73. The summed E-state index contributed by atoms with van der Waals surface area (Å²) < 4.78 is 6.15. The largest absolute Gasteiger partial charge is 0.548 e. The van der Waals surface area contributed by atoms with Gasteiger partial charge in [-0.05, 0) is 50.4 Å². The molecule has 0 saturated carbocycles. The molecule has 1 unspecified atom stereocenters. The van der Waals surface area contributed by atoms with Gasteiger partial charge in [0.1, 0.15) is 0 Å². The summed E-state index contributed by atoms with van der Waals surface area (Å²) in [5.41, 5.74) is 0.406. The summed E-state index contributed by atoms with van der Waals surface area (Å²) in [7, 11) is -1.41. The fourth-order valence-electron chi connectivity index (χ4n) is 2.45. The molecule has 94 valence electrons. The average molecular weight is 240 g/mol. The first-order chi connectivity index (χ1) is 7.35. The first-order valence-corrected chi connectivity index (χ1v) is 10.2. The predicted octanol–water partition coefficient (Wildman–Crippen LogP) is 5.10. The van der Waals surface area contributed by atoms with Crippen LogP contribution in [0.4, 0.5) is 0 Å².